The van der Waals surface area contributed by atoms with Crippen LogP contribution in [0.4, 0.5) is 0 Å². The van der Waals surface area contributed by atoms with Crippen LogP contribution in [0.1, 0.15) is 129 Å². The van der Waals surface area contributed by atoms with E-state index in [0.29, 0.717) is 12.8 Å². The van der Waals surface area contributed by atoms with Crippen LogP contribution in [-0.4, -0.2) is 51.7 Å². The first-order valence-corrected chi connectivity index (χ1v) is 11.5. The van der Waals surface area contributed by atoms with Crippen molar-refractivity contribution in [3.63, 3.8) is 0 Å². The van der Waals surface area contributed by atoms with Crippen LogP contribution in [-0.2, 0) is 9.59 Å². The van der Waals surface area contributed by atoms with E-state index in [1.54, 1.807) is 0 Å². The average Bonchev–Trinajstić information content (AvgIpc) is 2.63. The zero-order chi connectivity index (χ0) is 20.4. The maximum atomic E-state index is 11.7. The molecule has 0 aliphatic rings. The Hall–Kier alpha value is -0.0600. The summed E-state index contributed by atoms with van der Waals surface area (Å²) in [5, 5.41) is 19.2. The summed E-state index contributed by atoms with van der Waals surface area (Å²) in [6.45, 7) is 4.38. The molecule has 0 aliphatic carbocycles. The third-order valence-electron chi connectivity index (χ3n) is 5.73. The fourth-order valence-electron chi connectivity index (χ4n) is 3.77. The molecule has 0 radical (unpaired) electrons. The molecule has 0 amide bonds. The molecule has 0 aromatic carbocycles. The van der Waals surface area contributed by atoms with Gasteiger partial charge in [-0.2, -0.15) is 0 Å². The number of aliphatic carboxylic acids is 2. The Bertz CT molecular complexity index is 371. The second kappa shape index (κ2) is 20.2. The van der Waals surface area contributed by atoms with Crippen molar-refractivity contribution in [1.82, 2.24) is 0 Å². The minimum absolute atomic E-state index is 0. The quantitative estimate of drug-likeness (QED) is 0.136. The number of hydrogen-bond donors (Lipinski definition) is 2. The summed E-state index contributed by atoms with van der Waals surface area (Å²) in [6, 6.07) is 0. The van der Waals surface area contributed by atoms with Gasteiger partial charge in [0.25, 0.3) is 0 Å². The normalized spacial score (nSPS) is 11.2. The van der Waals surface area contributed by atoms with Gasteiger partial charge in [-0.3, -0.25) is 9.59 Å². The second-order valence-electron chi connectivity index (χ2n) is 8.14. The summed E-state index contributed by atoms with van der Waals surface area (Å²) in [5.74, 6) is -2.31. The summed E-state index contributed by atoms with van der Waals surface area (Å²) in [7, 11) is 0. The Labute approximate surface area is 195 Å². The average molecular weight is 409 g/mol. The first kappa shape index (κ1) is 30.1. The Morgan fingerprint density at radius 3 is 1.04 bits per heavy atom. The summed E-state index contributed by atoms with van der Waals surface area (Å²) in [6.07, 6.45) is 18.4. The van der Waals surface area contributed by atoms with Crippen molar-refractivity contribution in [2.24, 2.45) is 5.41 Å². The van der Waals surface area contributed by atoms with E-state index in [-0.39, 0.29) is 42.4 Å². The summed E-state index contributed by atoms with van der Waals surface area (Å²) in [4.78, 5) is 23.5. The summed E-state index contributed by atoms with van der Waals surface area (Å²) < 4.78 is 0. The maximum absolute atomic E-state index is 11.7. The molecule has 162 valence electrons. The zero-order valence-electron chi connectivity index (χ0n) is 17.9. The number of unbranched alkanes of at least 4 members (excludes halogenated alkanes) is 14. The first-order valence-electron chi connectivity index (χ1n) is 11.5. The third kappa shape index (κ3) is 14.0. The topological polar surface area (TPSA) is 74.6 Å². The minimum atomic E-state index is -1.58. The number of carboxylic acid groups (broad SMARTS) is 2. The zero-order valence-corrected chi connectivity index (χ0v) is 17.9. The molecule has 0 unspecified atom stereocenters. The fraction of sp³-hybridized carbons (Fsp3) is 0.913. The molecule has 0 fully saturated rings. The van der Waals surface area contributed by atoms with Gasteiger partial charge in [0.05, 0.1) is 0 Å². The molecule has 0 aromatic heterocycles. The van der Waals surface area contributed by atoms with Crippen LogP contribution in [0, 0.1) is 5.41 Å². The van der Waals surface area contributed by atoms with Crippen molar-refractivity contribution >= 4 is 41.5 Å². The molecular weight excluding hydrogens is 363 g/mol. The molecule has 0 rings (SSSR count). The van der Waals surface area contributed by atoms with Gasteiger partial charge in [-0.05, 0) is 12.8 Å². The van der Waals surface area contributed by atoms with Gasteiger partial charge in [-0.15, -0.1) is 0 Å². The molecule has 28 heavy (non-hydrogen) atoms. The number of carboxylic acids is 2. The van der Waals surface area contributed by atoms with Crippen LogP contribution in [0.2, 0.25) is 0 Å². The van der Waals surface area contributed by atoms with Crippen LogP contribution < -0.4 is 0 Å². The Balaban J connectivity index is 0. The van der Waals surface area contributed by atoms with E-state index in [4.69, 9.17) is 0 Å². The van der Waals surface area contributed by atoms with Crippen LogP contribution >= 0.6 is 0 Å². The van der Waals surface area contributed by atoms with Crippen molar-refractivity contribution in [2.75, 3.05) is 0 Å². The standard InChI is InChI=1S/C23H44O4.Na.H/c1-3-5-7-9-11-12-13-14-16-18-20-23(21(24)25,22(26)27)19-17-15-10-8-6-4-2;;/h3-20H2,1-2H3,(H,24,25)(H,26,27);;. The van der Waals surface area contributed by atoms with Gasteiger partial charge in [0.2, 0.25) is 0 Å². The van der Waals surface area contributed by atoms with Gasteiger partial charge in [-0.25, -0.2) is 0 Å². The molecule has 0 aromatic rings. The number of carbonyl (C=O) groups is 2. The molecule has 0 spiro atoms. The van der Waals surface area contributed by atoms with E-state index >= 15 is 0 Å². The summed E-state index contributed by atoms with van der Waals surface area (Å²) in [5.41, 5.74) is -1.58. The van der Waals surface area contributed by atoms with Gasteiger partial charge in [-0.1, -0.05) is 117 Å². The molecule has 5 heteroatoms. The van der Waals surface area contributed by atoms with Crippen LogP contribution in [0.25, 0.3) is 0 Å². The van der Waals surface area contributed by atoms with Gasteiger partial charge >= 0.3 is 41.5 Å². The molecule has 4 nitrogen and oxygen atoms in total. The Morgan fingerprint density at radius 2 is 0.786 bits per heavy atom. The third-order valence-corrected chi connectivity index (χ3v) is 5.73. The predicted octanol–water partition coefficient (Wildman–Crippen LogP) is 6.56. The van der Waals surface area contributed by atoms with E-state index in [0.717, 1.165) is 32.1 Å². The van der Waals surface area contributed by atoms with E-state index in [9.17, 15) is 19.8 Å². The van der Waals surface area contributed by atoms with Gasteiger partial charge in [0.1, 0.15) is 0 Å². The van der Waals surface area contributed by atoms with E-state index in [1.165, 1.54) is 57.8 Å². The van der Waals surface area contributed by atoms with E-state index < -0.39 is 17.4 Å². The predicted molar refractivity (Wildman–Crippen MR) is 119 cm³/mol. The molecule has 0 atom stereocenters. The van der Waals surface area contributed by atoms with Crippen LogP contribution in [0.5, 0.6) is 0 Å². The van der Waals surface area contributed by atoms with Crippen molar-refractivity contribution in [2.45, 2.75) is 129 Å². The van der Waals surface area contributed by atoms with Gasteiger partial charge in [0.15, 0.2) is 5.41 Å². The summed E-state index contributed by atoms with van der Waals surface area (Å²) >= 11 is 0. The van der Waals surface area contributed by atoms with Gasteiger partial charge < -0.3 is 10.2 Å². The van der Waals surface area contributed by atoms with Crippen molar-refractivity contribution in [3.8, 4) is 0 Å². The van der Waals surface area contributed by atoms with Crippen LogP contribution in [0.3, 0.4) is 0 Å². The van der Waals surface area contributed by atoms with E-state index in [1.807, 2.05) is 0 Å². The molecule has 0 bridgehead atoms. The number of rotatable bonds is 20. The second-order valence-corrected chi connectivity index (χ2v) is 8.14. The first-order chi connectivity index (χ1) is 13.0. The molecule has 0 saturated carbocycles. The SMILES string of the molecule is CCCCCCCCCCCCC(CCCCCCCC)(C(=O)O)C(=O)O.[NaH]. The van der Waals surface area contributed by atoms with Crippen LogP contribution in [0.15, 0.2) is 0 Å². The fourth-order valence-corrected chi connectivity index (χ4v) is 3.77. The molecule has 0 aliphatic heterocycles. The molecule has 0 heterocycles. The molecule has 2 N–H and O–H groups in total. The molecular formula is C23H45NaO4. The molecule has 0 saturated heterocycles. The van der Waals surface area contributed by atoms with Crippen molar-refractivity contribution < 1.29 is 19.8 Å². The van der Waals surface area contributed by atoms with Gasteiger partial charge in [0, 0.05) is 0 Å². The monoisotopic (exact) mass is 408 g/mol. The van der Waals surface area contributed by atoms with E-state index in [2.05, 4.69) is 13.8 Å². The Kier molecular flexibility index (Phi) is 21.8. The van der Waals surface area contributed by atoms with Crippen molar-refractivity contribution in [1.29, 1.82) is 0 Å². The number of hydrogen-bond acceptors (Lipinski definition) is 2. The Morgan fingerprint density at radius 1 is 0.536 bits per heavy atom. The van der Waals surface area contributed by atoms with Crippen molar-refractivity contribution in [3.05, 3.63) is 0 Å².